The molecule has 1 saturated heterocycles. The van der Waals surface area contributed by atoms with Crippen molar-refractivity contribution in [1.82, 2.24) is 4.90 Å². The fourth-order valence-corrected chi connectivity index (χ4v) is 3.55. The van der Waals surface area contributed by atoms with Crippen molar-refractivity contribution in [1.29, 1.82) is 0 Å². The van der Waals surface area contributed by atoms with Crippen LogP contribution < -0.4 is 0 Å². The number of hydrogen-bond acceptors (Lipinski definition) is 4. The van der Waals surface area contributed by atoms with Crippen LogP contribution in [0.3, 0.4) is 0 Å². The third-order valence-corrected chi connectivity index (χ3v) is 5.30. The van der Waals surface area contributed by atoms with E-state index in [0.717, 1.165) is 34.0 Å². The van der Waals surface area contributed by atoms with Gasteiger partial charge in [-0.25, -0.2) is 0 Å². The highest BCUT2D eigenvalue weighted by atomic mass is 79.9. The average Bonchev–Trinajstić information content (AvgIpc) is 3.13. The lowest BCUT2D eigenvalue weighted by atomic mass is 10.2. The van der Waals surface area contributed by atoms with Crippen LogP contribution in [0, 0.1) is 0 Å². The lowest BCUT2D eigenvalue weighted by Crippen LogP contribution is -2.36. The summed E-state index contributed by atoms with van der Waals surface area (Å²) >= 11 is 4.36. The van der Waals surface area contributed by atoms with Gasteiger partial charge in [0.15, 0.2) is 0 Å². The molecule has 0 bridgehead atoms. The molecule has 0 radical (unpaired) electrons. The lowest BCUT2D eigenvalue weighted by molar-refractivity contribution is -0.124. The van der Waals surface area contributed by atoms with Crippen molar-refractivity contribution in [3.63, 3.8) is 0 Å². The molecule has 0 N–H and O–H groups in total. The summed E-state index contributed by atoms with van der Waals surface area (Å²) in [7, 11) is 0. The molecule has 1 atom stereocenters. The Hall–Kier alpha value is -1.79. The Labute approximate surface area is 153 Å². The third kappa shape index (κ3) is 3.35. The van der Waals surface area contributed by atoms with Gasteiger partial charge in [0.2, 0.25) is 0 Å². The average molecular weight is 406 g/mol. The van der Waals surface area contributed by atoms with E-state index in [4.69, 9.17) is 4.42 Å². The summed E-state index contributed by atoms with van der Waals surface area (Å²) in [5, 5.41) is -0.222. The van der Waals surface area contributed by atoms with Gasteiger partial charge in [0.25, 0.3) is 11.1 Å². The number of rotatable bonds is 4. The van der Waals surface area contributed by atoms with E-state index in [0.29, 0.717) is 10.7 Å². The number of furan rings is 1. The van der Waals surface area contributed by atoms with Gasteiger partial charge in [0.05, 0.1) is 4.91 Å². The fourth-order valence-electron chi connectivity index (χ4n) is 2.37. The lowest BCUT2D eigenvalue weighted by Gasteiger charge is -2.19. The molecule has 2 amide bonds. The van der Waals surface area contributed by atoms with Crippen LogP contribution in [0.15, 0.2) is 50.2 Å². The maximum Gasteiger partial charge on any atom is 0.293 e. The third-order valence-electron chi connectivity index (χ3n) is 3.88. The number of thioether (sulfide) groups is 1. The Morgan fingerprint density at radius 2 is 1.92 bits per heavy atom. The van der Waals surface area contributed by atoms with E-state index in [2.05, 4.69) is 15.9 Å². The van der Waals surface area contributed by atoms with Gasteiger partial charge in [0.1, 0.15) is 11.5 Å². The van der Waals surface area contributed by atoms with Crippen molar-refractivity contribution < 1.29 is 14.0 Å². The molecular weight excluding hydrogens is 390 g/mol. The van der Waals surface area contributed by atoms with Crippen LogP contribution in [0.2, 0.25) is 0 Å². The summed E-state index contributed by atoms with van der Waals surface area (Å²) in [5.74, 6) is 1.03. The molecule has 1 fully saturated rings. The maximum atomic E-state index is 12.4. The number of benzene rings is 1. The van der Waals surface area contributed by atoms with E-state index in [1.165, 1.54) is 4.90 Å². The molecule has 4 nitrogen and oxygen atoms in total. The Balaban J connectivity index is 1.84. The first-order valence-electron chi connectivity index (χ1n) is 7.62. The van der Waals surface area contributed by atoms with Crippen molar-refractivity contribution in [2.75, 3.05) is 0 Å². The molecule has 0 unspecified atom stereocenters. The molecule has 24 heavy (non-hydrogen) atoms. The molecule has 2 heterocycles. The van der Waals surface area contributed by atoms with E-state index in [1.807, 2.05) is 44.2 Å². The largest absolute Gasteiger partial charge is 0.457 e. The quantitative estimate of drug-likeness (QED) is 0.626. The van der Waals surface area contributed by atoms with Gasteiger partial charge in [0, 0.05) is 22.2 Å². The van der Waals surface area contributed by atoms with Gasteiger partial charge in [-0.3, -0.25) is 14.5 Å². The minimum Gasteiger partial charge on any atom is -0.457 e. The van der Waals surface area contributed by atoms with E-state index in [-0.39, 0.29) is 17.2 Å². The van der Waals surface area contributed by atoms with Crippen molar-refractivity contribution >= 4 is 44.9 Å². The highest BCUT2D eigenvalue weighted by Gasteiger charge is 2.37. The molecule has 0 saturated carbocycles. The Morgan fingerprint density at radius 1 is 1.21 bits per heavy atom. The molecule has 1 aliphatic heterocycles. The molecule has 3 rings (SSSR count). The molecule has 0 aliphatic carbocycles. The number of imide groups is 1. The number of hydrogen-bond donors (Lipinski definition) is 0. The van der Waals surface area contributed by atoms with Gasteiger partial charge in [-0.15, -0.1) is 0 Å². The van der Waals surface area contributed by atoms with Gasteiger partial charge in [-0.05, 0) is 49.4 Å². The second-order valence-corrected chi connectivity index (χ2v) is 7.43. The van der Waals surface area contributed by atoms with E-state index < -0.39 is 0 Å². The summed E-state index contributed by atoms with van der Waals surface area (Å²) < 4.78 is 6.79. The normalized spacial score (nSPS) is 17.8. The van der Waals surface area contributed by atoms with Crippen molar-refractivity contribution in [2.45, 2.75) is 26.3 Å². The number of carbonyl (C=O) groups is 2. The number of nitrogens with zero attached hydrogens (tertiary/aromatic N) is 1. The van der Waals surface area contributed by atoms with Gasteiger partial charge in [-0.1, -0.05) is 35.0 Å². The van der Waals surface area contributed by atoms with Gasteiger partial charge in [-0.2, -0.15) is 0 Å². The summed E-state index contributed by atoms with van der Waals surface area (Å²) in [6.45, 7) is 3.83. The van der Waals surface area contributed by atoms with Crippen LogP contribution in [0.4, 0.5) is 4.79 Å². The van der Waals surface area contributed by atoms with Crippen LogP contribution >= 0.6 is 27.7 Å². The zero-order valence-corrected chi connectivity index (χ0v) is 15.7. The standard InChI is InChI=1S/C18H16BrNO3S/c1-3-11(2)20-17(21)16(24-18(20)22)10-14-8-9-15(23-14)12-4-6-13(19)7-5-12/h4-11H,3H2,1-2H3/b16-10-/t11-/m1/s1. The predicted molar refractivity (Wildman–Crippen MR) is 99.4 cm³/mol. The van der Waals surface area contributed by atoms with Crippen LogP contribution in [0.25, 0.3) is 17.4 Å². The zero-order valence-electron chi connectivity index (χ0n) is 13.3. The first kappa shape index (κ1) is 17.0. The van der Waals surface area contributed by atoms with Gasteiger partial charge < -0.3 is 4.42 Å². The Bertz CT molecular complexity index is 810. The van der Waals surface area contributed by atoms with E-state index in [9.17, 15) is 9.59 Å². The van der Waals surface area contributed by atoms with Crippen molar-refractivity contribution in [3.05, 3.63) is 51.5 Å². The summed E-state index contributed by atoms with van der Waals surface area (Å²) in [4.78, 5) is 26.2. The molecule has 1 aromatic carbocycles. The molecule has 124 valence electrons. The second kappa shape index (κ2) is 6.99. The molecule has 0 spiro atoms. The van der Waals surface area contributed by atoms with Gasteiger partial charge >= 0.3 is 0 Å². The molecular formula is C18H16BrNO3S. The molecule has 1 aliphatic rings. The van der Waals surface area contributed by atoms with E-state index >= 15 is 0 Å². The Morgan fingerprint density at radius 3 is 2.58 bits per heavy atom. The minimum atomic E-state index is -0.249. The van der Waals surface area contributed by atoms with Crippen LogP contribution in [0.5, 0.6) is 0 Å². The highest BCUT2D eigenvalue weighted by Crippen LogP contribution is 2.35. The first-order chi connectivity index (χ1) is 11.5. The summed E-state index contributed by atoms with van der Waals surface area (Å²) in [6.07, 6.45) is 2.37. The van der Waals surface area contributed by atoms with E-state index in [1.54, 1.807) is 12.1 Å². The zero-order chi connectivity index (χ0) is 17.3. The second-order valence-electron chi connectivity index (χ2n) is 5.52. The molecule has 2 aromatic rings. The highest BCUT2D eigenvalue weighted by molar-refractivity contribution is 9.10. The van der Waals surface area contributed by atoms with Crippen LogP contribution in [-0.2, 0) is 4.79 Å². The maximum absolute atomic E-state index is 12.4. The molecule has 1 aromatic heterocycles. The monoisotopic (exact) mass is 405 g/mol. The SMILES string of the molecule is CC[C@@H](C)N1C(=O)S/C(=C\c2ccc(-c3ccc(Br)cc3)o2)C1=O. The van der Waals surface area contributed by atoms with Crippen molar-refractivity contribution in [3.8, 4) is 11.3 Å². The van der Waals surface area contributed by atoms with Crippen molar-refractivity contribution in [2.24, 2.45) is 0 Å². The summed E-state index contributed by atoms with van der Waals surface area (Å²) in [5.41, 5.74) is 0.950. The fraction of sp³-hybridized carbons (Fsp3) is 0.222. The van der Waals surface area contributed by atoms with Crippen LogP contribution in [-0.4, -0.2) is 22.1 Å². The summed E-state index contributed by atoms with van der Waals surface area (Å²) in [6, 6.07) is 11.3. The Kier molecular flexibility index (Phi) is 4.96. The number of amides is 2. The minimum absolute atomic E-state index is 0.0988. The smallest absolute Gasteiger partial charge is 0.293 e. The van der Waals surface area contributed by atoms with Crippen LogP contribution in [0.1, 0.15) is 26.0 Å². The number of carbonyl (C=O) groups excluding carboxylic acids is 2. The number of halogens is 1. The first-order valence-corrected chi connectivity index (χ1v) is 9.23. The topological polar surface area (TPSA) is 50.5 Å². The molecule has 6 heteroatoms. The predicted octanol–water partition coefficient (Wildman–Crippen LogP) is 5.54.